The quantitative estimate of drug-likeness (QED) is 0.690. The number of nitrogens with zero attached hydrogens (tertiary/aromatic N) is 4. The fraction of sp³-hybridized carbons (Fsp3) is 0.650. The molecule has 1 fully saturated rings. The van der Waals surface area contributed by atoms with Gasteiger partial charge in [0.05, 0.1) is 11.4 Å². The second-order valence-corrected chi connectivity index (χ2v) is 8.45. The third-order valence-electron chi connectivity index (χ3n) is 5.37. The molecule has 8 heteroatoms. The van der Waals surface area contributed by atoms with E-state index < -0.39 is 0 Å². The Labute approximate surface area is 171 Å². The van der Waals surface area contributed by atoms with Gasteiger partial charge in [0.2, 0.25) is 11.8 Å². The number of carbonyl (C=O) groups is 2. The lowest BCUT2D eigenvalue weighted by Crippen LogP contribution is -2.47. The Morgan fingerprint density at radius 3 is 2.64 bits per heavy atom. The van der Waals surface area contributed by atoms with Gasteiger partial charge in [0, 0.05) is 38.4 Å². The van der Waals surface area contributed by atoms with E-state index in [-0.39, 0.29) is 18.4 Å². The van der Waals surface area contributed by atoms with Crippen LogP contribution in [0.15, 0.2) is 11.1 Å². The fourth-order valence-corrected chi connectivity index (χ4v) is 4.82. The third-order valence-corrected chi connectivity index (χ3v) is 6.32. The molecule has 154 valence electrons. The molecule has 1 aromatic rings. The molecule has 0 aromatic carbocycles. The number of piperazine rings is 1. The van der Waals surface area contributed by atoms with Crippen molar-refractivity contribution in [2.45, 2.75) is 32.2 Å². The minimum Gasteiger partial charge on any atom is -0.355 e. The summed E-state index contributed by atoms with van der Waals surface area (Å²) in [4.78, 5) is 35.9. The molecule has 0 spiro atoms. The Hall–Kier alpha value is -1.64. The molecule has 0 aliphatic carbocycles. The lowest BCUT2D eigenvalue weighted by Gasteiger charge is -2.34. The molecule has 2 aliphatic heterocycles. The van der Waals surface area contributed by atoms with Crippen LogP contribution in [0.25, 0.3) is 0 Å². The number of thioether (sulfide) groups is 1. The molecular formula is C20H31N5O2S. The molecule has 0 unspecified atom stereocenters. The Morgan fingerprint density at radius 1 is 1.21 bits per heavy atom. The van der Waals surface area contributed by atoms with Gasteiger partial charge in [-0.3, -0.25) is 14.5 Å². The highest BCUT2D eigenvalue weighted by atomic mass is 32.2. The van der Waals surface area contributed by atoms with Gasteiger partial charge in [0.25, 0.3) is 0 Å². The van der Waals surface area contributed by atoms with Crippen LogP contribution in [-0.4, -0.2) is 84.7 Å². The highest BCUT2D eigenvalue weighted by Gasteiger charge is 2.29. The summed E-state index contributed by atoms with van der Waals surface area (Å²) in [6, 6.07) is 1.96. The van der Waals surface area contributed by atoms with E-state index in [1.54, 1.807) is 4.90 Å². The summed E-state index contributed by atoms with van der Waals surface area (Å²) in [5.41, 5.74) is 2.71. The van der Waals surface area contributed by atoms with Crippen molar-refractivity contribution in [1.29, 1.82) is 0 Å². The number of aryl methyl sites for hydroxylation is 2. The van der Waals surface area contributed by atoms with Gasteiger partial charge in [-0.1, -0.05) is 18.7 Å². The number of nitrogens with one attached hydrogen (secondary N) is 1. The Balaban J connectivity index is 1.46. The molecule has 3 rings (SSSR count). The van der Waals surface area contributed by atoms with Crippen LogP contribution in [-0.2, 0) is 9.59 Å². The van der Waals surface area contributed by atoms with Gasteiger partial charge in [0.15, 0.2) is 0 Å². The minimum atomic E-state index is -0.109. The number of rotatable bonds is 7. The van der Waals surface area contributed by atoms with Crippen LogP contribution in [0.3, 0.4) is 0 Å². The summed E-state index contributed by atoms with van der Waals surface area (Å²) in [5.74, 6) is 0.192. The molecule has 7 nitrogen and oxygen atoms in total. The van der Waals surface area contributed by atoms with Crippen molar-refractivity contribution in [3.63, 3.8) is 0 Å². The summed E-state index contributed by atoms with van der Waals surface area (Å²) in [6.45, 7) is 13.4. The normalized spacial score (nSPS) is 18.2. The Kier molecular flexibility index (Phi) is 7.31. The summed E-state index contributed by atoms with van der Waals surface area (Å²) in [6.07, 6.45) is 0.929. The van der Waals surface area contributed by atoms with Gasteiger partial charge in [-0.05, 0) is 45.0 Å². The zero-order valence-electron chi connectivity index (χ0n) is 17.2. The average molecular weight is 406 g/mol. The molecule has 3 heterocycles. The van der Waals surface area contributed by atoms with Gasteiger partial charge in [-0.15, -0.1) is 0 Å². The van der Waals surface area contributed by atoms with E-state index in [9.17, 15) is 9.59 Å². The molecule has 0 bridgehead atoms. The predicted molar refractivity (Wildman–Crippen MR) is 113 cm³/mol. The lowest BCUT2D eigenvalue weighted by atomic mass is 10.2. The van der Waals surface area contributed by atoms with Crippen LogP contribution in [0.5, 0.6) is 0 Å². The first-order valence-corrected chi connectivity index (χ1v) is 11.1. The van der Waals surface area contributed by atoms with Crippen molar-refractivity contribution in [2.24, 2.45) is 0 Å². The minimum absolute atomic E-state index is 0.0322. The summed E-state index contributed by atoms with van der Waals surface area (Å²) >= 11 is 1.45. The van der Waals surface area contributed by atoms with Gasteiger partial charge >= 0.3 is 0 Å². The fourth-order valence-electron chi connectivity index (χ4n) is 3.78. The van der Waals surface area contributed by atoms with E-state index >= 15 is 0 Å². The van der Waals surface area contributed by atoms with Crippen LogP contribution in [0.4, 0.5) is 5.69 Å². The van der Waals surface area contributed by atoms with Crippen LogP contribution >= 0.6 is 11.8 Å². The number of amides is 2. The van der Waals surface area contributed by atoms with Gasteiger partial charge in [-0.25, -0.2) is 4.98 Å². The second kappa shape index (κ2) is 9.71. The highest BCUT2D eigenvalue weighted by Crippen LogP contribution is 2.36. The molecule has 0 atom stereocenters. The number of carbonyl (C=O) groups excluding carboxylic acids is 2. The predicted octanol–water partition coefficient (Wildman–Crippen LogP) is 1.28. The number of anilines is 1. The molecule has 2 amide bonds. The van der Waals surface area contributed by atoms with E-state index in [0.29, 0.717) is 12.3 Å². The molecule has 1 N–H and O–H groups in total. The van der Waals surface area contributed by atoms with Crippen LogP contribution in [0.1, 0.15) is 24.6 Å². The smallest absolute Gasteiger partial charge is 0.240 e. The molecule has 1 saturated heterocycles. The average Bonchev–Trinajstić information content (AvgIpc) is 2.67. The van der Waals surface area contributed by atoms with Crippen molar-refractivity contribution < 1.29 is 9.59 Å². The number of hydrogen-bond donors (Lipinski definition) is 1. The van der Waals surface area contributed by atoms with Crippen LogP contribution < -0.4 is 10.2 Å². The highest BCUT2D eigenvalue weighted by molar-refractivity contribution is 8.00. The van der Waals surface area contributed by atoms with Crippen molar-refractivity contribution in [3.8, 4) is 0 Å². The summed E-state index contributed by atoms with van der Waals surface area (Å²) in [5, 5.41) is 3.82. The first-order chi connectivity index (χ1) is 13.5. The standard InChI is InChI=1S/C20H31N5O2S/c1-4-23-8-10-24(11-9-23)7-5-6-21-17(26)13-25-18(27)14-28-20-19(25)15(2)12-16(3)22-20/h12H,4-11,13-14H2,1-3H3,(H,21,26). The zero-order valence-corrected chi connectivity index (χ0v) is 18.0. The van der Waals surface area contributed by atoms with Crippen LogP contribution in [0.2, 0.25) is 0 Å². The monoisotopic (exact) mass is 405 g/mol. The van der Waals surface area contributed by atoms with Crippen molar-refractivity contribution in [3.05, 3.63) is 17.3 Å². The van der Waals surface area contributed by atoms with Crippen molar-refractivity contribution in [2.75, 3.05) is 63.0 Å². The Morgan fingerprint density at radius 2 is 1.93 bits per heavy atom. The third kappa shape index (κ3) is 5.24. The number of pyridine rings is 1. The molecule has 2 aliphatic rings. The number of hydrogen-bond acceptors (Lipinski definition) is 6. The van der Waals surface area contributed by atoms with Crippen molar-refractivity contribution >= 4 is 29.3 Å². The van der Waals surface area contributed by atoms with E-state index in [4.69, 9.17) is 0 Å². The summed E-state index contributed by atoms with van der Waals surface area (Å²) in [7, 11) is 0. The van der Waals surface area contributed by atoms with E-state index in [0.717, 1.165) is 67.7 Å². The lowest BCUT2D eigenvalue weighted by molar-refractivity contribution is -0.123. The SMILES string of the molecule is CCN1CCN(CCCNC(=O)CN2C(=O)CSc3nc(C)cc(C)c32)CC1. The number of aromatic nitrogens is 1. The maximum Gasteiger partial charge on any atom is 0.240 e. The van der Waals surface area contributed by atoms with Gasteiger partial charge < -0.3 is 15.1 Å². The number of likely N-dealkylation sites (N-methyl/N-ethyl adjacent to an activating group) is 1. The maximum atomic E-state index is 12.4. The molecular weight excluding hydrogens is 374 g/mol. The molecule has 0 radical (unpaired) electrons. The second-order valence-electron chi connectivity index (χ2n) is 7.48. The molecule has 28 heavy (non-hydrogen) atoms. The van der Waals surface area contributed by atoms with E-state index in [1.165, 1.54) is 11.8 Å². The number of fused-ring (bicyclic) bond motifs is 1. The van der Waals surface area contributed by atoms with E-state index in [1.807, 2.05) is 19.9 Å². The first kappa shape index (κ1) is 21.1. The largest absolute Gasteiger partial charge is 0.355 e. The topological polar surface area (TPSA) is 68.8 Å². The Bertz CT molecular complexity index is 719. The van der Waals surface area contributed by atoms with Gasteiger partial charge in [-0.2, -0.15) is 0 Å². The first-order valence-electron chi connectivity index (χ1n) is 10.1. The van der Waals surface area contributed by atoms with Gasteiger partial charge in [0.1, 0.15) is 11.6 Å². The van der Waals surface area contributed by atoms with Crippen molar-refractivity contribution in [1.82, 2.24) is 20.1 Å². The zero-order chi connectivity index (χ0) is 20.1. The van der Waals surface area contributed by atoms with E-state index in [2.05, 4.69) is 27.0 Å². The molecule has 1 aromatic heterocycles. The summed E-state index contributed by atoms with van der Waals surface area (Å²) < 4.78 is 0. The molecule has 0 saturated carbocycles. The van der Waals surface area contributed by atoms with Crippen LogP contribution in [0, 0.1) is 13.8 Å². The maximum absolute atomic E-state index is 12.4.